The molecule has 4 heterocycles. The van der Waals surface area contributed by atoms with Crippen LogP contribution in [0.25, 0.3) is 0 Å². The van der Waals surface area contributed by atoms with Gasteiger partial charge in [0, 0.05) is 69.1 Å². The molecule has 2 fully saturated rings. The molecular weight excluding hydrogens is 2140 g/mol. The highest BCUT2D eigenvalue weighted by molar-refractivity contribution is 14.0. The molecule has 10 aliphatic carbocycles. The van der Waals surface area contributed by atoms with E-state index >= 15 is 0 Å². The third-order valence-corrected chi connectivity index (χ3v) is 35.5. The number of amides is 7. The zero-order chi connectivity index (χ0) is 91.4. The Kier molecular flexibility index (Phi) is 27.1. The lowest BCUT2D eigenvalue weighted by Gasteiger charge is -2.42. The number of primary amides is 1. The number of thioether (sulfide) groups is 1. The number of carbonyl (C=O) groups excluding carboxylic acids is 7. The molecular formula is C107H107Br5IN11O7S2. The highest BCUT2D eigenvalue weighted by Gasteiger charge is 2.70. The molecule has 11 N–H and O–H groups in total. The molecule has 2 saturated heterocycles. The summed E-state index contributed by atoms with van der Waals surface area (Å²) in [5.74, 6) is 0.652. The molecule has 0 bridgehead atoms. The predicted octanol–water partition coefficient (Wildman–Crippen LogP) is 20.5. The number of nitrogens with two attached hydrogens (primary N) is 2. The third-order valence-electron chi connectivity index (χ3n) is 32.1. The van der Waals surface area contributed by atoms with Gasteiger partial charge < -0.3 is 33.6 Å². The molecule has 0 aromatic heterocycles. The predicted molar refractivity (Wildman–Crippen MR) is 557 cm³/mol. The second-order valence-corrected chi connectivity index (χ2v) is 43.9. The van der Waals surface area contributed by atoms with Crippen LogP contribution in [-0.2, 0) is 142 Å². The van der Waals surface area contributed by atoms with E-state index in [1.807, 2.05) is 31.5 Å². The Labute approximate surface area is 845 Å². The van der Waals surface area contributed by atoms with Crippen molar-refractivity contribution in [3.63, 3.8) is 0 Å². The Bertz CT molecular complexity index is 6220. The minimum absolute atomic E-state index is 0. The number of fused-ring (bicyclic) bond motifs is 18. The summed E-state index contributed by atoms with van der Waals surface area (Å²) in [6.45, 7) is 0. The number of nitrogens with zero attached hydrogens (tertiary/aromatic N) is 4. The molecule has 26 heteroatoms. The molecule has 0 radical (unpaired) electrons. The summed E-state index contributed by atoms with van der Waals surface area (Å²) < 4.78 is 4.92. The number of benzene rings is 10. The lowest BCUT2D eigenvalue weighted by Crippen LogP contribution is -2.55. The molecule has 4 unspecified atom stereocenters. The van der Waals surface area contributed by atoms with Gasteiger partial charge in [0.1, 0.15) is 0 Å². The minimum atomic E-state index is -0.967. The molecule has 10 aromatic rings. The van der Waals surface area contributed by atoms with Crippen molar-refractivity contribution in [3.05, 3.63) is 346 Å². The van der Waals surface area contributed by atoms with Gasteiger partial charge in [-0.25, -0.2) is 14.8 Å². The van der Waals surface area contributed by atoms with Crippen LogP contribution in [0.15, 0.2) is 245 Å². The van der Waals surface area contributed by atoms with E-state index in [4.69, 9.17) is 32.7 Å². The van der Waals surface area contributed by atoms with E-state index in [1.54, 1.807) is 23.7 Å². The third kappa shape index (κ3) is 16.0. The van der Waals surface area contributed by atoms with E-state index in [9.17, 15) is 28.8 Å². The van der Waals surface area contributed by atoms with Crippen molar-refractivity contribution in [2.45, 2.75) is 183 Å². The summed E-state index contributed by atoms with van der Waals surface area (Å²) in [6, 6.07) is 74.2. The van der Waals surface area contributed by atoms with E-state index in [0.29, 0.717) is 16.9 Å². The Morgan fingerprint density at radius 2 is 0.677 bits per heavy atom. The van der Waals surface area contributed by atoms with Gasteiger partial charge in [0.25, 0.3) is 23.6 Å². The number of nitrogens with one attached hydrogen (secondary N) is 4. The van der Waals surface area contributed by atoms with E-state index < -0.39 is 22.2 Å². The Morgan fingerprint density at radius 3 is 0.992 bits per heavy atom. The number of aliphatic imine (C=N–C) groups is 2. The monoisotopic (exact) mass is 2240 g/mol. The summed E-state index contributed by atoms with van der Waals surface area (Å²) in [7, 11) is 3.62. The maximum atomic E-state index is 13.8. The second kappa shape index (κ2) is 37.6. The lowest BCUT2D eigenvalue weighted by molar-refractivity contribution is -0.136. The standard InChI is InChI=1S/C23H23BrN2OS.C22H22BrN3O.C21H19BrN2O2.C21H19BrN2OS.C19H17BrO.CH3NO.HI.H3N/c1-26-20(27)23(25-21(26)28-2)19-13-18(24)8-7-17(19)14-22(23)11-9-15-5-3-4-6-16(15)10-12-22;1-26-19(27)22(25-20(26)24)18-12-17(23)7-6-16(18)13-21(22)10-8-14-4-2-3-5-15(14)9-11-21;2*22-16-6-5-15-12-20(9-7-13-3-1-2-4-14(13)8-10-20)21(17(15)11-16)18(25)23-19(26)24-21;20-16-6-5-15-12-19(18(21)17(15)11-16)9-7-13-3-1-2-4-14(13)8-10-19;2-1-3;;/h3-8,13H,9-12,14H2,1-2H3;2-7,12H,8-11,13H2,1H3,(H2,24,25);2*1-6,11H,7-10,12H2,(H2,23,24,25,26);1-6,11H,7-10,12H2;1H,(H2,2,3);1H;1H3. The number of aryl methyl sites for hydroxylation is 10. The normalized spacial score (nSPS) is 23.6. The molecule has 10 aromatic carbocycles. The number of carbonyl (C=O) groups is 7. The molecule has 4 aliphatic heterocycles. The Balaban J connectivity index is 0.000000115. The van der Waals surface area contributed by atoms with Gasteiger partial charge in [0.2, 0.25) is 6.41 Å². The van der Waals surface area contributed by atoms with E-state index in [-0.39, 0.29) is 93.3 Å². The number of thiocarbonyl (C=S) groups is 1. The van der Waals surface area contributed by atoms with Crippen LogP contribution in [0.3, 0.4) is 0 Å². The highest BCUT2D eigenvalue weighted by atomic mass is 127. The van der Waals surface area contributed by atoms with Crippen LogP contribution in [0.4, 0.5) is 4.79 Å². The Morgan fingerprint density at radius 1 is 0.383 bits per heavy atom. The van der Waals surface area contributed by atoms with Gasteiger partial charge in [0.05, 0.1) is 0 Å². The molecule has 4 atom stereocenters. The van der Waals surface area contributed by atoms with Crippen molar-refractivity contribution in [2.24, 2.45) is 48.5 Å². The molecule has 7 amide bonds. The van der Waals surface area contributed by atoms with Gasteiger partial charge in [-0.1, -0.05) is 243 Å². The van der Waals surface area contributed by atoms with Gasteiger partial charge >= 0.3 is 6.03 Å². The van der Waals surface area contributed by atoms with Crippen molar-refractivity contribution in [1.82, 2.24) is 37.2 Å². The maximum absolute atomic E-state index is 13.8. The van der Waals surface area contributed by atoms with Crippen molar-refractivity contribution in [2.75, 3.05) is 20.4 Å². The van der Waals surface area contributed by atoms with Gasteiger partial charge in [-0.05, 0) is 345 Å². The molecule has 9 spiro atoms. The number of ketones is 1. The topological polar surface area (TPSA) is 286 Å². The number of rotatable bonds is 0. The fourth-order valence-electron chi connectivity index (χ4n) is 25.6. The molecule has 14 aliphatic rings. The smallest absolute Gasteiger partial charge is 0.322 e. The van der Waals surface area contributed by atoms with Crippen LogP contribution in [0, 0.1) is 27.1 Å². The number of guanidine groups is 1. The molecule has 24 rings (SSSR count). The van der Waals surface area contributed by atoms with E-state index in [2.05, 4.69) is 301 Å². The second-order valence-electron chi connectivity index (χ2n) is 38.1. The maximum Gasteiger partial charge on any atom is 0.322 e. The fourth-order valence-corrected chi connectivity index (χ4v) is 28.3. The van der Waals surface area contributed by atoms with Crippen molar-refractivity contribution in [3.8, 4) is 0 Å². The van der Waals surface area contributed by atoms with Crippen LogP contribution in [0.2, 0.25) is 0 Å². The summed E-state index contributed by atoms with van der Waals surface area (Å²) >= 11 is 24.8. The lowest BCUT2D eigenvalue weighted by atomic mass is 9.65. The summed E-state index contributed by atoms with van der Waals surface area (Å²) in [5.41, 5.74) is 31.2. The number of urea groups is 1. The molecule has 686 valence electrons. The number of hydrogen-bond donors (Lipinski definition) is 7. The summed E-state index contributed by atoms with van der Waals surface area (Å²) in [4.78, 5) is 101. The summed E-state index contributed by atoms with van der Waals surface area (Å²) in [6.07, 6.45) is 26.1. The average molecular weight is 2250 g/mol. The first-order chi connectivity index (χ1) is 63.1. The van der Waals surface area contributed by atoms with Crippen molar-refractivity contribution >= 4 is 186 Å². The van der Waals surface area contributed by atoms with Crippen molar-refractivity contribution in [1.29, 1.82) is 0 Å². The number of hydrogen-bond acceptors (Lipinski definition) is 13. The number of imide groups is 1. The van der Waals surface area contributed by atoms with Crippen LogP contribution < -0.4 is 38.9 Å². The van der Waals surface area contributed by atoms with Gasteiger partial charge in [-0.15, -0.1) is 24.0 Å². The van der Waals surface area contributed by atoms with Crippen LogP contribution in [0.5, 0.6) is 0 Å². The first-order valence-electron chi connectivity index (χ1n) is 45.5. The molecule has 18 nitrogen and oxygen atoms in total. The minimum Gasteiger partial charge on any atom is -0.372 e. The average Bonchev–Trinajstić information content (AvgIpc) is 1.55. The van der Waals surface area contributed by atoms with Crippen molar-refractivity contribution < 1.29 is 33.6 Å². The zero-order valence-electron chi connectivity index (χ0n) is 74.6. The molecule has 0 saturated carbocycles. The number of Topliss-reactive ketones (excluding diaryl/α,β-unsaturated/α-hetero) is 1. The first-order valence-corrected chi connectivity index (χ1v) is 51.1. The van der Waals surface area contributed by atoms with Gasteiger partial charge in [0.15, 0.2) is 44.2 Å². The SMILES string of the molecule is CN1C(=O)C2(N=C1N)c1cc(Br)ccc1CC21CCc2ccccc2CC1.CSC1=NC2(C(=O)N1C)c1cc(Br)ccc1CC21CCc2ccccc2CC1.I.N.NC=O.O=C1NC(=O)C2(N1)c1cc(Br)ccc1CC21CCc2ccccc2CC1.O=C1NC(=S)NC12c1cc(Br)ccc1CC21CCc2ccccc2CC1.O=C1c2cc(Br)ccc2CC12CCc1ccccc1CC2. The van der Waals surface area contributed by atoms with Gasteiger partial charge in [-0.2, -0.15) is 0 Å². The number of likely N-dealkylation sites (N-methyl/N-ethyl adjacent to an activating group) is 2. The van der Waals surface area contributed by atoms with Gasteiger partial charge in [-0.3, -0.25) is 43.9 Å². The number of halogens is 6. The highest BCUT2D eigenvalue weighted by Crippen LogP contribution is 2.65. The van der Waals surface area contributed by atoms with Crippen LogP contribution in [0.1, 0.15) is 180 Å². The largest absolute Gasteiger partial charge is 0.372 e. The zero-order valence-corrected chi connectivity index (χ0v) is 86.5. The quantitative estimate of drug-likeness (QED) is 0.0323. The van der Waals surface area contributed by atoms with E-state index in [0.717, 1.165) is 221 Å². The number of amidine groups is 1. The van der Waals surface area contributed by atoms with Crippen LogP contribution >= 0.6 is 128 Å². The van der Waals surface area contributed by atoms with E-state index in [1.165, 1.54) is 82.8 Å². The first kappa shape index (κ1) is 95.9. The fraction of sp³-hybridized carbons (Fsp3) is 0.346. The summed E-state index contributed by atoms with van der Waals surface area (Å²) in [5, 5.41) is 13.2. The molecule has 133 heavy (non-hydrogen) atoms. The van der Waals surface area contributed by atoms with Crippen LogP contribution in [-0.4, -0.2) is 88.2 Å². The Hall–Kier alpha value is -8.84.